The monoisotopic (exact) mass is 520 g/mol. The molecule has 0 radical (unpaired) electrons. The van der Waals surface area contributed by atoms with Gasteiger partial charge in [-0.05, 0) is 43.7 Å². The molecule has 1 aliphatic heterocycles. The molecule has 1 atom stereocenters. The highest BCUT2D eigenvalue weighted by Crippen LogP contribution is 2.26. The fourth-order valence-electron chi connectivity index (χ4n) is 3.40. The van der Waals surface area contributed by atoms with Crippen molar-refractivity contribution in [3.63, 3.8) is 0 Å². The van der Waals surface area contributed by atoms with E-state index < -0.39 is 6.10 Å². The standard InChI is InChI=1S/C22H19BrCl2N4O2/c1-12-21(13(2)29(27-12)11-14-6-7-17(24)18(25)8-14)26-22(30)20-10-19(28-31-20)15-4-3-5-16(23)9-15/h3-9,20H,10-11H2,1-2H3,(H,26,30). The summed E-state index contributed by atoms with van der Waals surface area (Å²) in [5.41, 5.74) is 4.85. The molecule has 0 aliphatic carbocycles. The summed E-state index contributed by atoms with van der Waals surface area (Å²) in [7, 11) is 0. The minimum Gasteiger partial charge on any atom is -0.382 e. The predicted molar refractivity (Wildman–Crippen MR) is 126 cm³/mol. The molecule has 0 spiro atoms. The molecule has 9 heteroatoms. The topological polar surface area (TPSA) is 68.5 Å². The van der Waals surface area contributed by atoms with Gasteiger partial charge >= 0.3 is 0 Å². The summed E-state index contributed by atoms with van der Waals surface area (Å²) in [6.07, 6.45) is -0.288. The highest BCUT2D eigenvalue weighted by molar-refractivity contribution is 9.10. The number of oxime groups is 1. The van der Waals surface area contributed by atoms with Gasteiger partial charge in [0.25, 0.3) is 5.91 Å². The third-order valence-electron chi connectivity index (χ3n) is 5.07. The quantitative estimate of drug-likeness (QED) is 0.464. The lowest BCUT2D eigenvalue weighted by Crippen LogP contribution is -2.28. The van der Waals surface area contributed by atoms with Crippen molar-refractivity contribution in [2.75, 3.05) is 5.32 Å². The fraction of sp³-hybridized carbons (Fsp3) is 0.227. The Morgan fingerprint density at radius 1 is 1.23 bits per heavy atom. The third-order valence-corrected chi connectivity index (χ3v) is 6.30. The van der Waals surface area contributed by atoms with E-state index in [1.165, 1.54) is 0 Å². The molecule has 6 nitrogen and oxygen atoms in total. The van der Waals surface area contributed by atoms with Gasteiger partial charge in [-0.3, -0.25) is 9.48 Å². The first-order chi connectivity index (χ1) is 14.8. The average molecular weight is 522 g/mol. The number of benzene rings is 2. The number of carbonyl (C=O) groups is 1. The zero-order valence-electron chi connectivity index (χ0n) is 16.8. The maximum Gasteiger partial charge on any atom is 0.268 e. The Balaban J connectivity index is 1.45. The summed E-state index contributed by atoms with van der Waals surface area (Å²) in [5.74, 6) is -0.256. The number of rotatable bonds is 5. The second kappa shape index (κ2) is 9.02. The number of aromatic nitrogens is 2. The number of aryl methyl sites for hydroxylation is 1. The molecule has 0 bridgehead atoms. The first kappa shape index (κ1) is 21.9. The lowest BCUT2D eigenvalue weighted by atomic mass is 10.0. The maximum atomic E-state index is 12.8. The van der Waals surface area contributed by atoms with Crippen LogP contribution in [-0.2, 0) is 16.2 Å². The van der Waals surface area contributed by atoms with Crippen molar-refractivity contribution in [1.29, 1.82) is 0 Å². The van der Waals surface area contributed by atoms with Crippen LogP contribution in [0.3, 0.4) is 0 Å². The van der Waals surface area contributed by atoms with Crippen molar-refractivity contribution in [2.24, 2.45) is 5.16 Å². The number of hydrogen-bond donors (Lipinski definition) is 1. The molecule has 0 saturated carbocycles. The minimum absolute atomic E-state index is 0.256. The van der Waals surface area contributed by atoms with Crippen LogP contribution < -0.4 is 5.32 Å². The van der Waals surface area contributed by atoms with E-state index in [0.29, 0.717) is 28.7 Å². The predicted octanol–water partition coefficient (Wildman–Crippen LogP) is 5.75. The highest BCUT2D eigenvalue weighted by atomic mass is 79.9. The molecule has 1 N–H and O–H groups in total. The first-order valence-electron chi connectivity index (χ1n) is 9.59. The summed E-state index contributed by atoms with van der Waals surface area (Å²) in [5, 5.41) is 12.6. The van der Waals surface area contributed by atoms with Crippen molar-refractivity contribution in [2.45, 2.75) is 32.9 Å². The van der Waals surface area contributed by atoms with Crippen molar-refractivity contribution in [1.82, 2.24) is 9.78 Å². The Morgan fingerprint density at radius 2 is 2.03 bits per heavy atom. The molecule has 0 fully saturated rings. The van der Waals surface area contributed by atoms with Gasteiger partial charge in [-0.1, -0.05) is 62.5 Å². The van der Waals surface area contributed by atoms with E-state index in [9.17, 15) is 4.79 Å². The largest absolute Gasteiger partial charge is 0.382 e. The van der Waals surface area contributed by atoms with Gasteiger partial charge in [-0.15, -0.1) is 0 Å². The first-order valence-corrected chi connectivity index (χ1v) is 11.1. The highest BCUT2D eigenvalue weighted by Gasteiger charge is 2.30. The molecule has 160 valence electrons. The number of hydrogen-bond acceptors (Lipinski definition) is 4. The zero-order chi connectivity index (χ0) is 22.1. The molecule has 3 aromatic rings. The molecule has 31 heavy (non-hydrogen) atoms. The van der Waals surface area contributed by atoms with Gasteiger partial charge in [0, 0.05) is 16.5 Å². The molecule has 1 amide bonds. The number of halogens is 3. The maximum absolute atomic E-state index is 12.8. The fourth-order valence-corrected chi connectivity index (χ4v) is 4.12. The van der Waals surface area contributed by atoms with Crippen LogP contribution in [0.25, 0.3) is 0 Å². The van der Waals surface area contributed by atoms with E-state index in [1.54, 1.807) is 6.07 Å². The average Bonchev–Trinajstić information content (AvgIpc) is 3.32. The molecule has 1 aromatic heterocycles. The molecule has 0 saturated heterocycles. The van der Waals surface area contributed by atoms with Crippen LogP contribution in [0, 0.1) is 13.8 Å². The van der Waals surface area contributed by atoms with E-state index in [0.717, 1.165) is 32.7 Å². The van der Waals surface area contributed by atoms with Crippen LogP contribution >= 0.6 is 39.1 Å². The van der Waals surface area contributed by atoms with Crippen LogP contribution in [0.2, 0.25) is 10.0 Å². The zero-order valence-corrected chi connectivity index (χ0v) is 19.9. The number of anilines is 1. The van der Waals surface area contributed by atoms with Gasteiger partial charge in [0.15, 0.2) is 0 Å². The van der Waals surface area contributed by atoms with E-state index in [-0.39, 0.29) is 5.91 Å². The van der Waals surface area contributed by atoms with Crippen LogP contribution in [0.4, 0.5) is 5.69 Å². The van der Waals surface area contributed by atoms with Gasteiger partial charge in [0.2, 0.25) is 6.10 Å². The molecule has 1 aliphatic rings. The summed E-state index contributed by atoms with van der Waals surface area (Å²) < 4.78 is 2.77. The Hall–Kier alpha value is -2.35. The van der Waals surface area contributed by atoms with Gasteiger partial charge < -0.3 is 10.2 Å². The van der Waals surface area contributed by atoms with Crippen LogP contribution in [0.5, 0.6) is 0 Å². The lowest BCUT2D eigenvalue weighted by molar-refractivity contribution is -0.125. The van der Waals surface area contributed by atoms with Gasteiger partial charge in [0.05, 0.1) is 39.4 Å². The van der Waals surface area contributed by atoms with Gasteiger partial charge in [-0.25, -0.2) is 0 Å². The molecular weight excluding hydrogens is 503 g/mol. The van der Waals surface area contributed by atoms with Crippen LogP contribution in [0.1, 0.15) is 28.9 Å². The minimum atomic E-state index is -0.689. The van der Waals surface area contributed by atoms with E-state index >= 15 is 0 Å². The van der Waals surface area contributed by atoms with E-state index in [1.807, 2.05) is 54.9 Å². The smallest absolute Gasteiger partial charge is 0.268 e. The van der Waals surface area contributed by atoms with E-state index in [4.69, 9.17) is 28.0 Å². The van der Waals surface area contributed by atoms with Crippen molar-refractivity contribution in [3.8, 4) is 0 Å². The number of nitrogens with zero attached hydrogens (tertiary/aromatic N) is 3. The SMILES string of the molecule is Cc1nn(Cc2ccc(Cl)c(Cl)c2)c(C)c1NC(=O)C1CC(c2cccc(Br)c2)=NO1. The molecule has 2 heterocycles. The lowest BCUT2D eigenvalue weighted by Gasteiger charge is -2.10. The van der Waals surface area contributed by atoms with Crippen molar-refractivity contribution < 1.29 is 9.63 Å². The van der Waals surface area contributed by atoms with Crippen molar-refractivity contribution >= 4 is 56.4 Å². The summed E-state index contributed by atoms with van der Waals surface area (Å²) in [6, 6.07) is 13.2. The summed E-state index contributed by atoms with van der Waals surface area (Å²) >= 11 is 15.6. The van der Waals surface area contributed by atoms with Crippen LogP contribution in [0.15, 0.2) is 52.1 Å². The Labute approximate surface area is 198 Å². The second-order valence-electron chi connectivity index (χ2n) is 7.29. The van der Waals surface area contributed by atoms with Gasteiger partial charge in [0.1, 0.15) is 0 Å². The summed E-state index contributed by atoms with van der Waals surface area (Å²) in [4.78, 5) is 18.2. The van der Waals surface area contributed by atoms with Gasteiger partial charge in [-0.2, -0.15) is 5.10 Å². The number of carbonyl (C=O) groups excluding carboxylic acids is 1. The Kier molecular flexibility index (Phi) is 6.36. The molecule has 2 aromatic carbocycles. The Morgan fingerprint density at radius 3 is 2.77 bits per heavy atom. The number of nitrogens with one attached hydrogen (secondary N) is 1. The summed E-state index contributed by atoms with van der Waals surface area (Å²) in [6.45, 7) is 4.27. The third kappa shape index (κ3) is 4.79. The van der Waals surface area contributed by atoms with Crippen molar-refractivity contribution in [3.05, 3.63) is 79.5 Å². The molecular formula is C22H19BrCl2N4O2. The normalized spacial score (nSPS) is 15.5. The second-order valence-corrected chi connectivity index (χ2v) is 9.02. The van der Waals surface area contributed by atoms with Crippen LogP contribution in [-0.4, -0.2) is 27.5 Å². The number of amides is 1. The Bertz CT molecular complexity index is 1190. The van der Waals surface area contributed by atoms with E-state index in [2.05, 4.69) is 31.5 Å². The molecule has 4 rings (SSSR count). The molecule has 1 unspecified atom stereocenters.